The van der Waals surface area contributed by atoms with Gasteiger partial charge in [-0.3, -0.25) is 0 Å². The van der Waals surface area contributed by atoms with Crippen LogP contribution < -0.4 is 4.90 Å². The van der Waals surface area contributed by atoms with Gasteiger partial charge in [-0.05, 0) is 22.0 Å². The molecule has 0 bridgehead atoms. The van der Waals surface area contributed by atoms with Crippen molar-refractivity contribution in [2.45, 2.75) is 25.9 Å². The number of hydrogen-bond acceptors (Lipinski definition) is 2. The van der Waals surface area contributed by atoms with Crippen molar-refractivity contribution in [1.29, 1.82) is 0 Å². The Bertz CT molecular complexity index is 644. The quantitative estimate of drug-likeness (QED) is 0.863. The monoisotopic (exact) mass is 349 g/mol. The third kappa shape index (κ3) is 2.51. The van der Waals surface area contributed by atoms with Gasteiger partial charge in [-0.15, -0.1) is 0 Å². The number of rotatable bonds is 2. The maximum absolute atomic E-state index is 13.1. The maximum atomic E-state index is 13.1. The number of aromatic amines is 1. The molecule has 0 unspecified atom stereocenters. The van der Waals surface area contributed by atoms with Gasteiger partial charge in [-0.25, -0.2) is 4.98 Å². The lowest BCUT2D eigenvalue weighted by molar-refractivity contribution is -0.138. The lowest BCUT2D eigenvalue weighted by Crippen LogP contribution is -2.14. The molecule has 110 valence electrons. The molecule has 0 spiro atoms. The van der Waals surface area contributed by atoms with Gasteiger partial charge in [0.15, 0.2) is 0 Å². The number of fused-ring (bicyclic) bond motifs is 1. The molecule has 0 saturated heterocycles. The fraction of sp³-hybridized carbons (Fsp3) is 0.462. The fourth-order valence-corrected chi connectivity index (χ4v) is 2.90. The average Bonchev–Trinajstić information content (AvgIpc) is 2.69. The lowest BCUT2D eigenvalue weighted by Gasteiger charge is -2.19. The number of imidazole rings is 1. The van der Waals surface area contributed by atoms with Crippen LogP contribution >= 0.6 is 15.9 Å². The number of aromatic nitrogens is 2. The van der Waals surface area contributed by atoms with Gasteiger partial charge >= 0.3 is 6.18 Å². The van der Waals surface area contributed by atoms with Crippen LogP contribution in [-0.4, -0.2) is 24.1 Å². The SMILES string of the molecule is CC(C)c1nc2c(N(C)C)c(Br)c(C(F)(F)F)cc2[nH]1. The van der Waals surface area contributed by atoms with Gasteiger partial charge in [0.1, 0.15) is 11.3 Å². The van der Waals surface area contributed by atoms with E-state index in [1.807, 2.05) is 13.8 Å². The summed E-state index contributed by atoms with van der Waals surface area (Å²) in [6.07, 6.45) is -4.42. The Morgan fingerprint density at radius 1 is 1.30 bits per heavy atom. The van der Waals surface area contributed by atoms with Crippen LogP contribution in [0.4, 0.5) is 18.9 Å². The second-order valence-electron chi connectivity index (χ2n) is 5.15. The molecule has 0 amide bonds. The number of nitrogens with zero attached hydrogens (tertiary/aromatic N) is 2. The maximum Gasteiger partial charge on any atom is 0.417 e. The van der Waals surface area contributed by atoms with Crippen LogP contribution in [0.3, 0.4) is 0 Å². The van der Waals surface area contributed by atoms with E-state index in [4.69, 9.17) is 0 Å². The van der Waals surface area contributed by atoms with Crippen molar-refractivity contribution in [2.75, 3.05) is 19.0 Å². The molecule has 2 aromatic rings. The summed E-state index contributed by atoms with van der Waals surface area (Å²) in [4.78, 5) is 9.03. The fourth-order valence-electron chi connectivity index (χ4n) is 2.02. The third-order valence-corrected chi connectivity index (χ3v) is 3.81. The first-order valence-electron chi connectivity index (χ1n) is 6.09. The van der Waals surface area contributed by atoms with Crippen LogP contribution in [-0.2, 0) is 6.18 Å². The number of nitrogens with one attached hydrogen (secondary N) is 1. The molecule has 3 nitrogen and oxygen atoms in total. The number of alkyl halides is 3. The molecule has 1 aromatic carbocycles. The van der Waals surface area contributed by atoms with Crippen LogP contribution in [0.25, 0.3) is 11.0 Å². The summed E-state index contributed by atoms with van der Waals surface area (Å²) in [5.41, 5.74) is 0.664. The number of anilines is 1. The van der Waals surface area contributed by atoms with Gasteiger partial charge in [0.25, 0.3) is 0 Å². The summed E-state index contributed by atoms with van der Waals surface area (Å²) in [7, 11) is 3.40. The molecule has 1 aromatic heterocycles. The van der Waals surface area contributed by atoms with Crippen LogP contribution in [0.1, 0.15) is 31.2 Å². The van der Waals surface area contributed by atoms with Crippen molar-refractivity contribution in [2.24, 2.45) is 0 Å². The second-order valence-corrected chi connectivity index (χ2v) is 5.94. The molecule has 7 heteroatoms. The molecule has 1 heterocycles. The summed E-state index contributed by atoms with van der Waals surface area (Å²) in [6, 6.07) is 1.10. The van der Waals surface area contributed by atoms with Gasteiger partial charge in [-0.1, -0.05) is 13.8 Å². The number of benzene rings is 1. The summed E-state index contributed by atoms with van der Waals surface area (Å²) >= 11 is 3.07. The Balaban J connectivity index is 2.84. The predicted molar refractivity (Wildman–Crippen MR) is 77.2 cm³/mol. The number of H-pyrrole nitrogens is 1. The van der Waals surface area contributed by atoms with Crippen LogP contribution in [0, 0.1) is 0 Å². The highest BCUT2D eigenvalue weighted by molar-refractivity contribution is 9.10. The molecule has 1 N–H and O–H groups in total. The van der Waals surface area contributed by atoms with Crippen LogP contribution in [0.5, 0.6) is 0 Å². The van der Waals surface area contributed by atoms with Crippen molar-refractivity contribution in [1.82, 2.24) is 9.97 Å². The van der Waals surface area contributed by atoms with Crippen molar-refractivity contribution in [3.8, 4) is 0 Å². The lowest BCUT2D eigenvalue weighted by atomic mass is 10.1. The zero-order valence-corrected chi connectivity index (χ0v) is 13.1. The van der Waals surface area contributed by atoms with Crippen molar-refractivity contribution in [3.63, 3.8) is 0 Å². The predicted octanol–water partition coefficient (Wildman–Crippen LogP) is 4.53. The van der Waals surface area contributed by atoms with Gasteiger partial charge in [0.2, 0.25) is 0 Å². The molecule has 0 atom stereocenters. The molecule has 0 fully saturated rings. The summed E-state index contributed by atoms with van der Waals surface area (Å²) in [5.74, 6) is 0.792. The zero-order chi connectivity index (χ0) is 15.2. The molecule has 0 aliphatic rings. The van der Waals surface area contributed by atoms with E-state index in [2.05, 4.69) is 25.9 Å². The van der Waals surface area contributed by atoms with E-state index in [1.54, 1.807) is 19.0 Å². The molecule has 0 saturated carbocycles. The average molecular weight is 350 g/mol. The molecular formula is C13H15BrF3N3. The van der Waals surface area contributed by atoms with E-state index >= 15 is 0 Å². The topological polar surface area (TPSA) is 31.9 Å². The van der Waals surface area contributed by atoms with Gasteiger partial charge in [0.05, 0.1) is 21.2 Å². The molecular weight excluding hydrogens is 335 g/mol. The molecule has 2 rings (SSSR count). The molecule has 20 heavy (non-hydrogen) atoms. The minimum absolute atomic E-state index is 0.0179. The highest BCUT2D eigenvalue weighted by Gasteiger charge is 2.35. The van der Waals surface area contributed by atoms with Crippen molar-refractivity contribution < 1.29 is 13.2 Å². The van der Waals surface area contributed by atoms with E-state index in [-0.39, 0.29) is 10.4 Å². The van der Waals surface area contributed by atoms with Gasteiger partial charge in [0, 0.05) is 20.0 Å². The number of hydrogen-bond donors (Lipinski definition) is 1. The number of halogens is 4. The van der Waals surface area contributed by atoms with Crippen LogP contribution in [0.15, 0.2) is 10.5 Å². The zero-order valence-electron chi connectivity index (χ0n) is 11.6. The first kappa shape index (κ1) is 15.2. The van der Waals surface area contributed by atoms with Crippen molar-refractivity contribution >= 4 is 32.7 Å². The normalized spacial score (nSPS) is 12.4. The summed E-state index contributed by atoms with van der Waals surface area (Å²) in [6.45, 7) is 3.87. The summed E-state index contributed by atoms with van der Waals surface area (Å²) in [5, 5.41) is 0. The molecule has 0 aliphatic heterocycles. The standard InChI is InChI=1S/C13H15BrF3N3/c1-6(2)12-18-8-5-7(13(15,16)17)9(14)11(20(3)4)10(8)19-12/h5-6H,1-4H3,(H,18,19). The Labute approximate surface area is 123 Å². The third-order valence-electron chi connectivity index (χ3n) is 3.01. The van der Waals surface area contributed by atoms with Crippen LogP contribution in [0.2, 0.25) is 0 Å². The Morgan fingerprint density at radius 2 is 1.90 bits per heavy atom. The Hall–Kier alpha value is -1.24. The van der Waals surface area contributed by atoms with Gasteiger partial charge < -0.3 is 9.88 Å². The highest BCUT2D eigenvalue weighted by atomic mass is 79.9. The highest BCUT2D eigenvalue weighted by Crippen LogP contribution is 2.43. The van der Waals surface area contributed by atoms with Crippen molar-refractivity contribution in [3.05, 3.63) is 21.9 Å². The Kier molecular flexibility index (Phi) is 3.75. The van der Waals surface area contributed by atoms with Gasteiger partial charge in [-0.2, -0.15) is 13.2 Å². The largest absolute Gasteiger partial charge is 0.417 e. The first-order valence-corrected chi connectivity index (χ1v) is 6.88. The van der Waals surface area contributed by atoms with E-state index < -0.39 is 11.7 Å². The Morgan fingerprint density at radius 3 is 2.35 bits per heavy atom. The minimum Gasteiger partial charge on any atom is -0.375 e. The minimum atomic E-state index is -4.42. The van der Waals surface area contributed by atoms with E-state index in [0.29, 0.717) is 22.5 Å². The first-order chi connectivity index (χ1) is 9.12. The second kappa shape index (κ2) is 4.95. The van der Waals surface area contributed by atoms with E-state index in [9.17, 15) is 13.2 Å². The molecule has 0 radical (unpaired) electrons. The summed E-state index contributed by atoms with van der Waals surface area (Å²) < 4.78 is 39.3. The van der Waals surface area contributed by atoms with E-state index in [1.165, 1.54) is 0 Å². The smallest absolute Gasteiger partial charge is 0.375 e. The molecule has 0 aliphatic carbocycles. The van der Waals surface area contributed by atoms with E-state index in [0.717, 1.165) is 6.07 Å².